The lowest BCUT2D eigenvalue weighted by atomic mass is 10.0. The summed E-state index contributed by atoms with van der Waals surface area (Å²) in [5.74, 6) is -13.8. The zero-order chi connectivity index (χ0) is 40.7. The predicted molar refractivity (Wildman–Crippen MR) is 187 cm³/mol. The maximum Gasteiger partial charge on any atom is 0.461 e. The molecule has 17 heteroatoms. The molecule has 2 aliphatic heterocycles. The molecule has 0 radical (unpaired) electrons. The van der Waals surface area contributed by atoms with Crippen LogP contribution in [0.2, 0.25) is 0 Å². The third-order valence-electron chi connectivity index (χ3n) is 9.04. The molecule has 4 rings (SSSR count). The number of rotatable bonds is 13. The molecule has 2 aromatic rings. The molecule has 2 heterocycles. The highest BCUT2D eigenvalue weighted by molar-refractivity contribution is 6.04. The van der Waals surface area contributed by atoms with E-state index in [0.717, 1.165) is 10.5 Å². The van der Waals surface area contributed by atoms with Crippen molar-refractivity contribution in [3.63, 3.8) is 0 Å². The van der Waals surface area contributed by atoms with Crippen molar-refractivity contribution in [1.29, 1.82) is 0 Å². The molecule has 4 amide bonds. The summed E-state index contributed by atoms with van der Waals surface area (Å²) < 4.78 is 87.3. The topological polar surface area (TPSA) is 144 Å². The van der Waals surface area contributed by atoms with Crippen LogP contribution in [0.5, 0.6) is 0 Å². The monoisotopic (exact) mass is 780 g/mol. The first-order valence-electron chi connectivity index (χ1n) is 17.7. The fourth-order valence-corrected chi connectivity index (χ4v) is 6.25. The maximum absolute atomic E-state index is 15.1. The molecule has 2 N–H and O–H groups in total. The molecular formula is C38H45F5N4O8. The van der Waals surface area contributed by atoms with E-state index in [1.54, 1.807) is 49.1 Å². The molecule has 300 valence electrons. The van der Waals surface area contributed by atoms with Crippen LogP contribution in [0.15, 0.2) is 66.1 Å². The van der Waals surface area contributed by atoms with Crippen LogP contribution in [0.4, 0.5) is 22.0 Å². The molecule has 0 spiro atoms. The van der Waals surface area contributed by atoms with Crippen molar-refractivity contribution in [2.45, 2.75) is 77.9 Å². The highest BCUT2D eigenvalue weighted by Gasteiger charge is 2.64. The number of nitrogens with zero attached hydrogens (tertiary/aromatic N) is 2. The Morgan fingerprint density at radius 3 is 2.04 bits per heavy atom. The second-order valence-electron chi connectivity index (χ2n) is 13.9. The van der Waals surface area contributed by atoms with E-state index in [2.05, 4.69) is 15.4 Å². The van der Waals surface area contributed by atoms with E-state index in [1.165, 1.54) is 38.1 Å². The van der Waals surface area contributed by atoms with Crippen LogP contribution in [0.1, 0.15) is 67.3 Å². The number of hydrogen-bond acceptors (Lipinski definition) is 9. The van der Waals surface area contributed by atoms with Gasteiger partial charge in [0, 0.05) is 44.1 Å². The van der Waals surface area contributed by atoms with Gasteiger partial charge in [0.1, 0.15) is 12.1 Å². The van der Waals surface area contributed by atoms with Crippen molar-refractivity contribution in [3.8, 4) is 0 Å². The number of amides is 4. The number of carbonyl (C=O) groups is 5. The normalized spacial score (nSPS) is 18.8. The molecule has 0 bridgehead atoms. The summed E-state index contributed by atoms with van der Waals surface area (Å²) in [5.41, 5.74) is 0.392. The molecule has 0 aromatic heterocycles. The Balaban J connectivity index is 1.59. The van der Waals surface area contributed by atoms with E-state index in [9.17, 15) is 37.1 Å². The highest BCUT2D eigenvalue weighted by Crippen LogP contribution is 2.45. The molecule has 2 aliphatic rings. The van der Waals surface area contributed by atoms with Gasteiger partial charge in [0.05, 0.1) is 31.6 Å². The van der Waals surface area contributed by atoms with Gasteiger partial charge in [0.2, 0.25) is 17.6 Å². The van der Waals surface area contributed by atoms with Gasteiger partial charge in [0.15, 0.2) is 0 Å². The average Bonchev–Trinajstić information content (AvgIpc) is 3.56. The molecule has 0 unspecified atom stereocenters. The minimum absolute atomic E-state index is 0.00661. The van der Waals surface area contributed by atoms with E-state index in [4.69, 9.17) is 9.47 Å². The second-order valence-corrected chi connectivity index (χ2v) is 13.9. The van der Waals surface area contributed by atoms with Gasteiger partial charge >= 0.3 is 18.1 Å². The fraction of sp³-hybridized carbons (Fsp3) is 0.500. The molecule has 2 fully saturated rings. The number of allylic oxidation sites excluding steroid dienone is 2. The van der Waals surface area contributed by atoms with Gasteiger partial charge in [-0.2, -0.15) is 22.0 Å². The smallest absolute Gasteiger partial charge is 0.422 e. The van der Waals surface area contributed by atoms with Gasteiger partial charge in [-0.15, -0.1) is 0 Å². The second kappa shape index (κ2) is 18.2. The molecule has 3 atom stereocenters. The van der Waals surface area contributed by atoms with Crippen LogP contribution in [-0.4, -0.2) is 103 Å². The first-order chi connectivity index (χ1) is 25.8. The molecule has 2 aromatic carbocycles. The summed E-state index contributed by atoms with van der Waals surface area (Å²) in [5, 5.41) is 4.77. The van der Waals surface area contributed by atoms with Crippen LogP contribution in [0, 0.1) is 11.8 Å². The average molecular weight is 781 g/mol. The zero-order valence-electron chi connectivity index (χ0n) is 31.1. The van der Waals surface area contributed by atoms with Crippen LogP contribution in [0.25, 0.3) is 0 Å². The fourth-order valence-electron chi connectivity index (χ4n) is 6.25. The number of ether oxygens (including phenoxy) is 3. The van der Waals surface area contributed by atoms with E-state index in [1.807, 2.05) is 0 Å². The molecule has 0 saturated carbocycles. The number of hydrogen-bond donors (Lipinski definition) is 2. The highest BCUT2D eigenvalue weighted by atomic mass is 19.4. The molecule has 2 saturated heterocycles. The number of alkyl halides is 5. The summed E-state index contributed by atoms with van der Waals surface area (Å²) in [4.78, 5) is 68.0. The van der Waals surface area contributed by atoms with Crippen LogP contribution < -0.4 is 10.6 Å². The molecule has 12 nitrogen and oxygen atoms in total. The SMILES string of the molecule is CC(=O)O/C(=C(/C(C)C)N1C[C@H](OCc2ccccc2)C[C@H]1C(=O)NC(=O)[C@@H](NC(=O)c1ccc(C(=O)N2CCOCC2)cc1)C(C)C)C(F)(F)C(F)(F)F. The lowest BCUT2D eigenvalue weighted by Gasteiger charge is -2.34. The van der Waals surface area contributed by atoms with Gasteiger partial charge in [-0.1, -0.05) is 58.0 Å². The summed E-state index contributed by atoms with van der Waals surface area (Å²) in [6.45, 7) is 7.74. The Morgan fingerprint density at radius 1 is 0.891 bits per heavy atom. The molecule has 0 aliphatic carbocycles. The van der Waals surface area contributed by atoms with Gasteiger partial charge in [-0.25, -0.2) is 0 Å². The van der Waals surface area contributed by atoms with Crippen molar-refractivity contribution in [3.05, 3.63) is 82.7 Å². The lowest BCUT2D eigenvalue weighted by Crippen LogP contribution is -2.54. The van der Waals surface area contributed by atoms with E-state index < -0.39 is 77.3 Å². The summed E-state index contributed by atoms with van der Waals surface area (Å²) in [7, 11) is 0. The standard InChI is InChI=1S/C38H45F5N4O8/c1-22(2)30(44-33(49)26-11-13-27(14-12-26)36(52)46-15-17-53-18-16-46)35(51)45-34(50)29-19-28(54-21-25-9-7-6-8-10-25)20-47(29)31(23(3)4)32(55-24(5)48)37(39,40)38(41,42)43/h6-14,22-23,28-30H,15-21H2,1-5H3,(H,44,49)(H,45,50,51)/b32-31-/t28-,29+,30+/m1/s1. The number of morpholine rings is 1. The number of likely N-dealkylation sites (tertiary alicyclic amines) is 1. The number of esters is 1. The summed E-state index contributed by atoms with van der Waals surface area (Å²) in [6.07, 6.45) is -7.33. The quantitative estimate of drug-likeness (QED) is 0.166. The number of nitrogens with one attached hydrogen (secondary N) is 2. The van der Waals surface area contributed by atoms with Crippen molar-refractivity contribution < 1.29 is 60.1 Å². The summed E-state index contributed by atoms with van der Waals surface area (Å²) in [6, 6.07) is 11.7. The maximum atomic E-state index is 15.1. The van der Waals surface area contributed by atoms with Crippen molar-refractivity contribution >= 4 is 29.6 Å². The minimum atomic E-state index is -6.17. The van der Waals surface area contributed by atoms with Gasteiger partial charge < -0.3 is 29.3 Å². The Kier molecular flexibility index (Phi) is 14.1. The minimum Gasteiger partial charge on any atom is -0.422 e. The van der Waals surface area contributed by atoms with Gasteiger partial charge in [-0.3, -0.25) is 29.3 Å². The Morgan fingerprint density at radius 2 is 1.49 bits per heavy atom. The van der Waals surface area contributed by atoms with Crippen molar-refractivity contribution in [1.82, 2.24) is 20.4 Å². The molecular weight excluding hydrogens is 735 g/mol. The third-order valence-corrected chi connectivity index (χ3v) is 9.04. The van der Waals surface area contributed by atoms with Crippen molar-refractivity contribution in [2.75, 3.05) is 32.8 Å². The number of benzene rings is 2. The van der Waals surface area contributed by atoms with E-state index >= 15 is 8.78 Å². The zero-order valence-corrected chi connectivity index (χ0v) is 31.1. The van der Waals surface area contributed by atoms with Crippen molar-refractivity contribution in [2.24, 2.45) is 11.8 Å². The number of halogens is 5. The first kappa shape index (κ1) is 42.8. The Labute approximate surface area is 315 Å². The van der Waals surface area contributed by atoms with Crippen LogP contribution in [0.3, 0.4) is 0 Å². The largest absolute Gasteiger partial charge is 0.461 e. The lowest BCUT2D eigenvalue weighted by molar-refractivity contribution is -0.276. The third kappa shape index (κ3) is 10.7. The molecule has 55 heavy (non-hydrogen) atoms. The first-order valence-corrected chi connectivity index (χ1v) is 17.7. The number of imide groups is 1. The van der Waals surface area contributed by atoms with E-state index in [0.29, 0.717) is 38.8 Å². The van der Waals surface area contributed by atoms with Gasteiger partial charge in [-0.05, 0) is 41.7 Å². The Hall–Kier alpha value is -4.90. The van der Waals surface area contributed by atoms with Gasteiger partial charge in [0.25, 0.3) is 11.8 Å². The Bertz CT molecular complexity index is 1730. The van der Waals surface area contributed by atoms with Crippen LogP contribution in [-0.2, 0) is 35.2 Å². The summed E-state index contributed by atoms with van der Waals surface area (Å²) >= 11 is 0. The van der Waals surface area contributed by atoms with Crippen LogP contribution >= 0.6 is 0 Å². The predicted octanol–water partition coefficient (Wildman–Crippen LogP) is 4.84. The number of carbonyl (C=O) groups excluding carboxylic acids is 5. The van der Waals surface area contributed by atoms with E-state index in [-0.39, 0.29) is 31.0 Å².